The number of aryl methyl sites for hydroxylation is 1. The van der Waals surface area contributed by atoms with Crippen molar-refractivity contribution < 1.29 is 23.8 Å². The molecule has 1 amide bonds. The minimum absolute atomic E-state index is 0.0857. The summed E-state index contributed by atoms with van der Waals surface area (Å²) >= 11 is 1.08. The van der Waals surface area contributed by atoms with E-state index in [1.54, 1.807) is 18.2 Å². The van der Waals surface area contributed by atoms with E-state index in [2.05, 4.69) is 5.32 Å². The summed E-state index contributed by atoms with van der Waals surface area (Å²) in [4.78, 5) is 25.1. The molecule has 2 heterocycles. The number of nitrogens with zero attached hydrogens (tertiary/aromatic N) is 1. The molecule has 0 bridgehead atoms. The Labute approximate surface area is 180 Å². The van der Waals surface area contributed by atoms with Gasteiger partial charge in [-0.05, 0) is 48.2 Å². The van der Waals surface area contributed by atoms with Crippen LogP contribution in [0.1, 0.15) is 27.9 Å². The molecule has 2 aromatic carbocycles. The van der Waals surface area contributed by atoms with E-state index < -0.39 is 17.7 Å². The van der Waals surface area contributed by atoms with Crippen molar-refractivity contribution in [2.24, 2.45) is 0 Å². The number of carboxylic acid groups (broad SMARTS) is 1. The molecule has 31 heavy (non-hydrogen) atoms. The summed E-state index contributed by atoms with van der Waals surface area (Å²) in [5.41, 5.74) is 1.13. The van der Waals surface area contributed by atoms with Crippen LogP contribution in [0, 0.1) is 17.1 Å². The molecule has 0 saturated carbocycles. The highest BCUT2D eigenvalue weighted by Crippen LogP contribution is 2.37. The highest BCUT2D eigenvalue weighted by molar-refractivity contribution is 7.14. The van der Waals surface area contributed by atoms with Gasteiger partial charge in [-0.2, -0.15) is 5.26 Å². The van der Waals surface area contributed by atoms with Crippen molar-refractivity contribution >= 4 is 28.9 Å². The molecule has 8 heteroatoms. The van der Waals surface area contributed by atoms with E-state index in [0.717, 1.165) is 29.4 Å². The summed E-state index contributed by atoms with van der Waals surface area (Å²) in [5, 5.41) is 22.9. The Bertz CT molecular complexity index is 1270. The minimum Gasteiger partial charge on any atom is -0.478 e. The molecule has 154 valence electrons. The number of nitrogens with one attached hydrogen (secondary N) is 1. The summed E-state index contributed by atoms with van der Waals surface area (Å²) < 4.78 is 19.4. The third-order valence-electron chi connectivity index (χ3n) is 4.76. The van der Waals surface area contributed by atoms with Crippen LogP contribution in [-0.2, 0) is 11.2 Å². The van der Waals surface area contributed by atoms with E-state index >= 15 is 0 Å². The number of allylic oxidation sites excluding steroid dienone is 1. The second-order valence-electron chi connectivity index (χ2n) is 6.74. The average Bonchev–Trinajstić information content (AvgIpc) is 3.05. The first-order valence-electron chi connectivity index (χ1n) is 9.30. The highest BCUT2D eigenvalue weighted by atomic mass is 32.1. The number of benzene rings is 2. The van der Waals surface area contributed by atoms with E-state index in [-0.39, 0.29) is 22.6 Å². The molecule has 0 spiro atoms. The molecule has 1 aliphatic rings. The molecular formula is C23H15FN2O4S. The maximum Gasteiger partial charge on any atom is 0.339 e. The molecular weight excluding hydrogens is 419 g/mol. The number of carbonyl (C=O) groups excluding carboxylic acids is 1. The normalized spacial score (nSPS) is 12.6. The van der Waals surface area contributed by atoms with Crippen LogP contribution in [0.3, 0.4) is 0 Å². The molecule has 1 aliphatic heterocycles. The number of hydrogen-bond donors (Lipinski definition) is 2. The number of aromatic carboxylic acids is 1. The Morgan fingerprint density at radius 3 is 2.81 bits per heavy atom. The number of amides is 1. The van der Waals surface area contributed by atoms with Gasteiger partial charge in [0.05, 0.1) is 16.1 Å². The number of hydrogen-bond acceptors (Lipinski definition) is 5. The van der Waals surface area contributed by atoms with Gasteiger partial charge < -0.3 is 15.2 Å². The van der Waals surface area contributed by atoms with Crippen molar-refractivity contribution in [1.82, 2.24) is 0 Å². The molecule has 4 rings (SSSR count). The number of ether oxygens (including phenoxy) is 1. The number of thiophene rings is 1. The van der Waals surface area contributed by atoms with Gasteiger partial charge in [0.2, 0.25) is 0 Å². The lowest BCUT2D eigenvalue weighted by Gasteiger charge is -2.11. The molecule has 0 unspecified atom stereocenters. The number of para-hydroxylation sites is 1. The summed E-state index contributed by atoms with van der Waals surface area (Å²) in [7, 11) is 0. The molecule has 3 aromatic rings. The minimum atomic E-state index is -1.25. The summed E-state index contributed by atoms with van der Waals surface area (Å²) in [6, 6.07) is 12.9. The molecule has 6 nitrogen and oxygen atoms in total. The zero-order valence-electron chi connectivity index (χ0n) is 16.0. The van der Waals surface area contributed by atoms with Crippen molar-refractivity contribution in [2.75, 3.05) is 5.32 Å². The molecule has 0 radical (unpaired) electrons. The summed E-state index contributed by atoms with van der Waals surface area (Å²) in [6.45, 7) is 0. The van der Waals surface area contributed by atoms with Gasteiger partial charge in [-0.3, -0.25) is 4.79 Å². The van der Waals surface area contributed by atoms with Crippen molar-refractivity contribution in [3.05, 3.63) is 82.2 Å². The number of nitriles is 1. The van der Waals surface area contributed by atoms with Crippen LogP contribution >= 0.6 is 11.3 Å². The molecule has 1 aromatic heterocycles. The van der Waals surface area contributed by atoms with Crippen LogP contribution in [0.25, 0.3) is 10.4 Å². The Hall–Kier alpha value is -3.96. The van der Waals surface area contributed by atoms with E-state index in [9.17, 15) is 19.1 Å². The number of carboxylic acids is 1. The van der Waals surface area contributed by atoms with Crippen molar-refractivity contribution in [3.8, 4) is 22.3 Å². The molecule has 0 atom stereocenters. The fourth-order valence-electron chi connectivity index (χ4n) is 3.28. The van der Waals surface area contributed by atoms with Crippen molar-refractivity contribution in [1.29, 1.82) is 5.26 Å². The van der Waals surface area contributed by atoms with Crippen LogP contribution in [0.5, 0.6) is 5.75 Å². The van der Waals surface area contributed by atoms with E-state index in [0.29, 0.717) is 22.6 Å². The molecule has 0 saturated heterocycles. The predicted molar refractivity (Wildman–Crippen MR) is 113 cm³/mol. The lowest BCUT2D eigenvalue weighted by atomic mass is 10.1. The third-order valence-corrected chi connectivity index (χ3v) is 5.79. The second kappa shape index (κ2) is 8.42. The number of fused-ring (bicyclic) bond motifs is 1. The average molecular weight is 434 g/mol. The molecule has 0 fully saturated rings. The Morgan fingerprint density at radius 1 is 1.23 bits per heavy atom. The summed E-state index contributed by atoms with van der Waals surface area (Å²) in [6.07, 6.45) is 3.00. The van der Waals surface area contributed by atoms with Gasteiger partial charge in [-0.15, -0.1) is 11.3 Å². The SMILES string of the molecule is N#Cc1cc(-c2scc(NC(=O)C3=CCCc4ccccc4O3)c2C(=O)O)ccc1F. The maximum absolute atomic E-state index is 13.7. The zero-order valence-corrected chi connectivity index (χ0v) is 16.8. The van der Waals surface area contributed by atoms with Crippen LogP contribution in [0.15, 0.2) is 59.7 Å². The second-order valence-corrected chi connectivity index (χ2v) is 7.62. The summed E-state index contributed by atoms with van der Waals surface area (Å²) in [5.74, 6) is -1.84. The lowest BCUT2D eigenvalue weighted by Crippen LogP contribution is -2.19. The number of rotatable bonds is 4. The van der Waals surface area contributed by atoms with Crippen LogP contribution in [0.4, 0.5) is 10.1 Å². The molecule has 0 aliphatic carbocycles. The van der Waals surface area contributed by atoms with Crippen molar-refractivity contribution in [2.45, 2.75) is 12.8 Å². The van der Waals surface area contributed by atoms with Crippen LogP contribution < -0.4 is 10.1 Å². The van der Waals surface area contributed by atoms with Gasteiger partial charge in [-0.25, -0.2) is 9.18 Å². The van der Waals surface area contributed by atoms with Gasteiger partial charge in [-0.1, -0.05) is 24.3 Å². The topological polar surface area (TPSA) is 99.4 Å². The van der Waals surface area contributed by atoms with Gasteiger partial charge in [0.1, 0.15) is 23.2 Å². The van der Waals surface area contributed by atoms with Crippen molar-refractivity contribution in [3.63, 3.8) is 0 Å². The molecule has 2 N–H and O–H groups in total. The van der Waals surface area contributed by atoms with Gasteiger partial charge in [0.25, 0.3) is 5.91 Å². The standard InChI is InChI=1S/C23H15FN2O4S/c24-16-9-8-14(10-15(16)11-25)21-20(23(28)29)17(12-31-21)26-22(27)19-7-3-5-13-4-1-2-6-18(13)30-19/h1-2,4,6-10,12H,3,5H2,(H,26,27)(H,28,29). The van der Waals surface area contributed by atoms with E-state index in [1.807, 2.05) is 18.2 Å². The number of halogens is 1. The Morgan fingerprint density at radius 2 is 2.03 bits per heavy atom. The lowest BCUT2D eigenvalue weighted by molar-refractivity contribution is -0.114. The smallest absolute Gasteiger partial charge is 0.339 e. The fraction of sp³-hybridized carbons (Fsp3) is 0.0870. The first kappa shape index (κ1) is 20.3. The zero-order chi connectivity index (χ0) is 22.0. The number of carbonyl (C=O) groups is 2. The van der Waals surface area contributed by atoms with Gasteiger partial charge in [0.15, 0.2) is 5.76 Å². The quantitative estimate of drug-likeness (QED) is 0.604. The Kier molecular flexibility index (Phi) is 5.52. The predicted octanol–water partition coefficient (Wildman–Crippen LogP) is 4.97. The number of anilines is 1. The first-order valence-corrected chi connectivity index (χ1v) is 10.2. The van der Waals surface area contributed by atoms with E-state index in [1.165, 1.54) is 17.5 Å². The highest BCUT2D eigenvalue weighted by Gasteiger charge is 2.24. The monoisotopic (exact) mass is 434 g/mol. The van der Waals surface area contributed by atoms with Gasteiger partial charge in [0, 0.05) is 5.38 Å². The maximum atomic E-state index is 13.7. The van der Waals surface area contributed by atoms with Crippen LogP contribution in [-0.4, -0.2) is 17.0 Å². The van der Waals surface area contributed by atoms with E-state index in [4.69, 9.17) is 10.00 Å². The Balaban J connectivity index is 1.64. The van der Waals surface area contributed by atoms with Gasteiger partial charge >= 0.3 is 5.97 Å². The van der Waals surface area contributed by atoms with Crippen LogP contribution in [0.2, 0.25) is 0 Å². The first-order chi connectivity index (χ1) is 15.0. The largest absolute Gasteiger partial charge is 0.478 e. The third kappa shape index (κ3) is 4.04. The fourth-order valence-corrected chi connectivity index (χ4v) is 4.27.